The Morgan fingerprint density at radius 2 is 2.42 bits per heavy atom. The summed E-state index contributed by atoms with van der Waals surface area (Å²) in [5.41, 5.74) is 0.238. The smallest absolute Gasteiger partial charge is 0.312 e. The number of pyridine rings is 1. The van der Waals surface area contributed by atoms with Crippen LogP contribution in [-0.4, -0.2) is 16.1 Å². The summed E-state index contributed by atoms with van der Waals surface area (Å²) in [5, 5.41) is 8.56. The largest absolute Gasteiger partial charge is 0.481 e. The van der Waals surface area contributed by atoms with Crippen LogP contribution in [0.15, 0.2) is 18.3 Å². The van der Waals surface area contributed by atoms with Crippen LogP contribution in [0.25, 0.3) is 0 Å². The molecule has 1 atom stereocenters. The molecule has 1 aromatic heterocycles. The molecular formula is C8H8FNO2. The number of carboxylic acids is 1. The number of carboxylic acid groups (broad SMARTS) is 1. The third-order valence-corrected chi connectivity index (χ3v) is 1.56. The van der Waals surface area contributed by atoms with Gasteiger partial charge in [0.05, 0.1) is 11.6 Å². The van der Waals surface area contributed by atoms with Gasteiger partial charge >= 0.3 is 5.97 Å². The van der Waals surface area contributed by atoms with Crippen LogP contribution in [0.5, 0.6) is 0 Å². The van der Waals surface area contributed by atoms with Crippen LogP contribution in [0.4, 0.5) is 4.39 Å². The number of aromatic nitrogens is 1. The van der Waals surface area contributed by atoms with Gasteiger partial charge in [-0.05, 0) is 19.1 Å². The van der Waals surface area contributed by atoms with Crippen LogP contribution in [0.2, 0.25) is 0 Å². The topological polar surface area (TPSA) is 50.2 Å². The lowest BCUT2D eigenvalue weighted by Gasteiger charge is -2.03. The van der Waals surface area contributed by atoms with E-state index in [1.807, 2.05) is 0 Å². The van der Waals surface area contributed by atoms with E-state index in [2.05, 4.69) is 4.98 Å². The summed E-state index contributed by atoms with van der Waals surface area (Å²) in [5.74, 6) is -2.23. The molecule has 1 N–H and O–H groups in total. The van der Waals surface area contributed by atoms with E-state index in [0.29, 0.717) is 0 Å². The van der Waals surface area contributed by atoms with Crippen molar-refractivity contribution < 1.29 is 14.3 Å². The highest BCUT2D eigenvalue weighted by Gasteiger charge is 2.14. The number of hydrogen-bond donors (Lipinski definition) is 1. The molecule has 64 valence electrons. The minimum Gasteiger partial charge on any atom is -0.481 e. The van der Waals surface area contributed by atoms with Crippen LogP contribution >= 0.6 is 0 Å². The van der Waals surface area contributed by atoms with E-state index in [-0.39, 0.29) is 5.69 Å². The molecule has 0 bridgehead atoms. The second kappa shape index (κ2) is 3.30. The molecule has 0 spiro atoms. The average molecular weight is 169 g/mol. The lowest BCUT2D eigenvalue weighted by molar-refractivity contribution is -0.138. The van der Waals surface area contributed by atoms with E-state index < -0.39 is 17.7 Å². The minimum atomic E-state index is -1.01. The van der Waals surface area contributed by atoms with Crippen LogP contribution in [-0.2, 0) is 4.79 Å². The predicted octanol–water partition coefficient (Wildman–Crippen LogP) is 1.41. The predicted molar refractivity (Wildman–Crippen MR) is 40.2 cm³/mol. The zero-order valence-corrected chi connectivity index (χ0v) is 6.49. The Morgan fingerprint density at radius 1 is 1.75 bits per heavy atom. The van der Waals surface area contributed by atoms with Crippen LogP contribution < -0.4 is 0 Å². The van der Waals surface area contributed by atoms with E-state index in [4.69, 9.17) is 5.11 Å². The lowest BCUT2D eigenvalue weighted by Crippen LogP contribution is -2.09. The summed E-state index contributed by atoms with van der Waals surface area (Å²) in [7, 11) is 0. The fourth-order valence-electron chi connectivity index (χ4n) is 0.785. The Labute approximate surface area is 68.9 Å². The first-order valence-corrected chi connectivity index (χ1v) is 3.45. The second-order valence-corrected chi connectivity index (χ2v) is 2.46. The van der Waals surface area contributed by atoms with E-state index >= 15 is 0 Å². The molecule has 0 saturated heterocycles. The van der Waals surface area contributed by atoms with Gasteiger partial charge in [0, 0.05) is 6.20 Å². The first-order chi connectivity index (χ1) is 5.61. The Bertz CT molecular complexity index is 301. The maximum atomic E-state index is 12.6. The number of nitrogens with zero attached hydrogens (tertiary/aromatic N) is 1. The summed E-state index contributed by atoms with van der Waals surface area (Å²) < 4.78 is 12.6. The van der Waals surface area contributed by atoms with Crippen molar-refractivity contribution in [2.24, 2.45) is 0 Å². The summed E-state index contributed by atoms with van der Waals surface area (Å²) >= 11 is 0. The number of carbonyl (C=O) groups is 1. The Balaban J connectivity index is 2.95. The normalized spacial score (nSPS) is 12.5. The molecule has 0 amide bonds. The molecule has 3 nitrogen and oxygen atoms in total. The van der Waals surface area contributed by atoms with Crippen molar-refractivity contribution in [1.29, 1.82) is 0 Å². The molecule has 4 heteroatoms. The molecule has 1 rings (SSSR count). The Morgan fingerprint density at radius 3 is 2.92 bits per heavy atom. The van der Waals surface area contributed by atoms with Crippen molar-refractivity contribution in [1.82, 2.24) is 4.98 Å². The molecular weight excluding hydrogens is 161 g/mol. The van der Waals surface area contributed by atoms with Crippen molar-refractivity contribution in [3.8, 4) is 0 Å². The van der Waals surface area contributed by atoms with Crippen LogP contribution in [0.3, 0.4) is 0 Å². The SMILES string of the molecule is CC(C(=O)O)c1cc(F)ccn1. The number of halogens is 1. The molecule has 12 heavy (non-hydrogen) atoms. The zero-order chi connectivity index (χ0) is 9.14. The fraction of sp³-hybridized carbons (Fsp3) is 0.250. The van der Waals surface area contributed by atoms with Gasteiger partial charge < -0.3 is 5.11 Å². The average Bonchev–Trinajstić information content (AvgIpc) is 2.03. The third-order valence-electron chi connectivity index (χ3n) is 1.56. The zero-order valence-electron chi connectivity index (χ0n) is 6.49. The maximum absolute atomic E-state index is 12.6. The molecule has 0 aliphatic carbocycles. The monoisotopic (exact) mass is 169 g/mol. The van der Waals surface area contributed by atoms with Crippen LogP contribution in [0.1, 0.15) is 18.5 Å². The molecule has 0 fully saturated rings. The Hall–Kier alpha value is -1.45. The van der Waals surface area contributed by atoms with Gasteiger partial charge in [-0.2, -0.15) is 0 Å². The van der Waals surface area contributed by atoms with Crippen molar-refractivity contribution >= 4 is 5.97 Å². The van der Waals surface area contributed by atoms with Gasteiger partial charge in [0.2, 0.25) is 0 Å². The standard InChI is InChI=1S/C8H8FNO2/c1-5(8(11)12)7-4-6(9)2-3-10-7/h2-5H,1H3,(H,11,12). The van der Waals surface area contributed by atoms with Gasteiger partial charge in [-0.25, -0.2) is 4.39 Å². The molecule has 0 saturated carbocycles. The van der Waals surface area contributed by atoms with E-state index in [9.17, 15) is 9.18 Å². The highest BCUT2D eigenvalue weighted by molar-refractivity contribution is 5.74. The minimum absolute atomic E-state index is 0.238. The highest BCUT2D eigenvalue weighted by Crippen LogP contribution is 2.12. The summed E-state index contributed by atoms with van der Waals surface area (Å²) in [4.78, 5) is 14.2. The molecule has 0 aliphatic heterocycles. The van der Waals surface area contributed by atoms with Crippen molar-refractivity contribution in [3.05, 3.63) is 29.8 Å². The first-order valence-electron chi connectivity index (χ1n) is 3.45. The van der Waals surface area contributed by atoms with Gasteiger partial charge in [-0.1, -0.05) is 0 Å². The summed E-state index contributed by atoms with van der Waals surface area (Å²) in [6.45, 7) is 1.46. The van der Waals surface area contributed by atoms with Gasteiger partial charge in [0.15, 0.2) is 0 Å². The summed E-state index contributed by atoms with van der Waals surface area (Å²) in [6, 6.07) is 2.30. The van der Waals surface area contributed by atoms with Crippen molar-refractivity contribution in [2.75, 3.05) is 0 Å². The van der Waals surface area contributed by atoms with Crippen molar-refractivity contribution in [2.45, 2.75) is 12.8 Å². The van der Waals surface area contributed by atoms with E-state index in [0.717, 1.165) is 6.07 Å². The fourth-order valence-corrected chi connectivity index (χ4v) is 0.785. The molecule has 0 aliphatic rings. The second-order valence-electron chi connectivity index (χ2n) is 2.46. The van der Waals surface area contributed by atoms with Gasteiger partial charge in [-0.3, -0.25) is 9.78 Å². The first kappa shape index (κ1) is 8.64. The van der Waals surface area contributed by atoms with Gasteiger partial charge in [-0.15, -0.1) is 0 Å². The Kier molecular flexibility index (Phi) is 2.38. The molecule has 1 aromatic rings. The quantitative estimate of drug-likeness (QED) is 0.728. The summed E-state index contributed by atoms with van der Waals surface area (Å²) in [6.07, 6.45) is 1.25. The van der Waals surface area contributed by atoms with Gasteiger partial charge in [0.1, 0.15) is 5.82 Å². The number of rotatable bonds is 2. The van der Waals surface area contributed by atoms with Gasteiger partial charge in [0.25, 0.3) is 0 Å². The molecule has 0 aromatic carbocycles. The molecule has 0 radical (unpaired) electrons. The van der Waals surface area contributed by atoms with E-state index in [1.165, 1.54) is 19.2 Å². The van der Waals surface area contributed by atoms with E-state index in [1.54, 1.807) is 0 Å². The van der Waals surface area contributed by atoms with Crippen LogP contribution in [0, 0.1) is 5.82 Å². The number of aliphatic carboxylic acids is 1. The maximum Gasteiger partial charge on any atom is 0.312 e. The highest BCUT2D eigenvalue weighted by atomic mass is 19.1. The molecule has 1 heterocycles. The third kappa shape index (κ3) is 1.78. The van der Waals surface area contributed by atoms with Crippen molar-refractivity contribution in [3.63, 3.8) is 0 Å². The number of hydrogen-bond acceptors (Lipinski definition) is 2. The molecule has 1 unspecified atom stereocenters. The lowest BCUT2D eigenvalue weighted by atomic mass is 10.1.